The van der Waals surface area contributed by atoms with Crippen LogP contribution in [0.15, 0.2) is 36.4 Å². The van der Waals surface area contributed by atoms with Crippen LogP contribution in [0.3, 0.4) is 0 Å². The Morgan fingerprint density at radius 1 is 0.955 bits per heavy atom. The molecule has 3 nitrogen and oxygen atoms in total. The molecule has 1 aliphatic rings. The van der Waals surface area contributed by atoms with Gasteiger partial charge in [0.25, 0.3) is 11.7 Å². The number of hydrogen-bond acceptors (Lipinski definition) is 3. The van der Waals surface area contributed by atoms with E-state index in [2.05, 4.69) is 0 Å². The number of nitrogens with zero attached hydrogens (tertiary/aromatic N) is 1. The molecular formula is C15H10F3NO2S. The van der Waals surface area contributed by atoms with E-state index in [0.29, 0.717) is 24.4 Å². The number of halogens is 3. The van der Waals surface area contributed by atoms with Crippen LogP contribution in [0.1, 0.15) is 30.5 Å². The van der Waals surface area contributed by atoms with Crippen molar-refractivity contribution in [3.8, 4) is 0 Å². The fourth-order valence-corrected chi connectivity index (χ4v) is 3.28. The standard InChI is InChI=1S/C15H10F3NO2S/c16-15(17,18)13(20)11-5-6-12(22-11)14(21)19-7-9-3-1-2-4-10(9)8-19/h1-6H,7-8H2. The Morgan fingerprint density at radius 3 is 2.05 bits per heavy atom. The summed E-state index contributed by atoms with van der Waals surface area (Å²) in [5.41, 5.74) is 2.05. The summed E-state index contributed by atoms with van der Waals surface area (Å²) in [6, 6.07) is 9.90. The molecule has 1 aliphatic heterocycles. The molecule has 114 valence electrons. The third kappa shape index (κ3) is 2.64. The van der Waals surface area contributed by atoms with E-state index in [0.717, 1.165) is 17.2 Å². The van der Waals surface area contributed by atoms with E-state index in [1.165, 1.54) is 6.07 Å². The highest BCUT2D eigenvalue weighted by molar-refractivity contribution is 7.16. The van der Waals surface area contributed by atoms with Gasteiger partial charge in [0.05, 0.1) is 9.75 Å². The van der Waals surface area contributed by atoms with Gasteiger partial charge in [-0.3, -0.25) is 9.59 Å². The number of ketones is 1. The minimum atomic E-state index is -4.92. The van der Waals surface area contributed by atoms with E-state index in [9.17, 15) is 22.8 Å². The maximum absolute atomic E-state index is 12.4. The number of rotatable bonds is 2. The normalized spacial score (nSPS) is 14.0. The first-order chi connectivity index (χ1) is 10.4. The number of carbonyl (C=O) groups is 2. The molecule has 1 aromatic heterocycles. The first-order valence-electron chi connectivity index (χ1n) is 6.43. The van der Waals surface area contributed by atoms with Gasteiger partial charge in [-0.15, -0.1) is 11.3 Å². The molecule has 0 spiro atoms. The van der Waals surface area contributed by atoms with Gasteiger partial charge in [0.1, 0.15) is 0 Å². The van der Waals surface area contributed by atoms with Crippen molar-refractivity contribution in [2.75, 3.05) is 0 Å². The summed E-state index contributed by atoms with van der Waals surface area (Å²) >= 11 is 0.581. The Balaban J connectivity index is 1.78. The van der Waals surface area contributed by atoms with E-state index in [1.54, 1.807) is 4.90 Å². The molecule has 0 saturated heterocycles. The van der Waals surface area contributed by atoms with Crippen LogP contribution in [-0.4, -0.2) is 22.8 Å². The Bertz CT molecular complexity index is 726. The molecule has 2 heterocycles. The maximum Gasteiger partial charge on any atom is 0.455 e. The lowest BCUT2D eigenvalue weighted by Gasteiger charge is -2.13. The molecule has 2 aromatic rings. The summed E-state index contributed by atoms with van der Waals surface area (Å²) in [6.45, 7) is 0.852. The molecule has 22 heavy (non-hydrogen) atoms. The second-order valence-corrected chi connectivity index (χ2v) is 6.00. The van der Waals surface area contributed by atoms with Gasteiger partial charge in [-0.25, -0.2) is 0 Å². The Hall–Kier alpha value is -2.15. The molecule has 1 amide bonds. The fraction of sp³-hybridized carbons (Fsp3) is 0.200. The highest BCUT2D eigenvalue weighted by Crippen LogP contribution is 2.29. The molecule has 0 fully saturated rings. The fourth-order valence-electron chi connectivity index (χ4n) is 2.35. The summed E-state index contributed by atoms with van der Waals surface area (Å²) in [6.07, 6.45) is -4.92. The lowest BCUT2D eigenvalue weighted by Crippen LogP contribution is -2.24. The van der Waals surface area contributed by atoms with Gasteiger partial charge in [-0.1, -0.05) is 24.3 Å². The van der Waals surface area contributed by atoms with Crippen LogP contribution in [0.5, 0.6) is 0 Å². The summed E-state index contributed by atoms with van der Waals surface area (Å²) < 4.78 is 37.2. The monoisotopic (exact) mass is 325 g/mol. The van der Waals surface area contributed by atoms with E-state index in [-0.39, 0.29) is 10.8 Å². The van der Waals surface area contributed by atoms with E-state index < -0.39 is 16.8 Å². The van der Waals surface area contributed by atoms with Gasteiger partial charge in [0, 0.05) is 13.1 Å². The minimum Gasteiger partial charge on any atom is -0.329 e. The highest BCUT2D eigenvalue weighted by Gasteiger charge is 2.40. The Kier molecular flexibility index (Phi) is 3.52. The first kappa shape index (κ1) is 14.8. The second kappa shape index (κ2) is 5.24. The van der Waals surface area contributed by atoms with Crippen LogP contribution in [0.25, 0.3) is 0 Å². The van der Waals surface area contributed by atoms with Crippen molar-refractivity contribution in [1.29, 1.82) is 0 Å². The lowest BCUT2D eigenvalue weighted by atomic mass is 10.1. The van der Waals surface area contributed by atoms with Crippen LogP contribution in [0, 0.1) is 0 Å². The summed E-state index contributed by atoms with van der Waals surface area (Å²) in [4.78, 5) is 24.7. The van der Waals surface area contributed by atoms with Crippen molar-refractivity contribution < 1.29 is 22.8 Å². The largest absolute Gasteiger partial charge is 0.455 e. The summed E-state index contributed by atoms with van der Waals surface area (Å²) in [5.74, 6) is -2.27. The van der Waals surface area contributed by atoms with Gasteiger partial charge < -0.3 is 4.90 Å². The molecule has 0 saturated carbocycles. The second-order valence-electron chi connectivity index (χ2n) is 4.92. The van der Waals surface area contributed by atoms with Gasteiger partial charge in [0.2, 0.25) is 0 Å². The number of Topliss-reactive ketones (excluding diaryl/α,β-unsaturated/α-hetero) is 1. The van der Waals surface area contributed by atoms with E-state index >= 15 is 0 Å². The molecule has 0 atom stereocenters. The molecular weight excluding hydrogens is 315 g/mol. The SMILES string of the molecule is O=C(c1ccc(C(=O)C(F)(F)F)s1)N1Cc2ccccc2C1. The van der Waals surface area contributed by atoms with Crippen LogP contribution in [0.2, 0.25) is 0 Å². The van der Waals surface area contributed by atoms with Crippen LogP contribution in [0.4, 0.5) is 13.2 Å². The molecule has 0 N–H and O–H groups in total. The number of thiophene rings is 1. The molecule has 3 rings (SSSR count). The van der Waals surface area contributed by atoms with Crippen molar-refractivity contribution in [3.05, 3.63) is 57.3 Å². The molecule has 0 bridgehead atoms. The zero-order valence-corrected chi connectivity index (χ0v) is 12.0. The minimum absolute atomic E-state index is 0.139. The van der Waals surface area contributed by atoms with Crippen LogP contribution >= 0.6 is 11.3 Å². The number of hydrogen-bond donors (Lipinski definition) is 0. The van der Waals surface area contributed by atoms with Crippen LogP contribution < -0.4 is 0 Å². The van der Waals surface area contributed by atoms with Gasteiger partial charge in [-0.05, 0) is 23.3 Å². The summed E-state index contributed by atoms with van der Waals surface area (Å²) in [7, 11) is 0. The number of amides is 1. The van der Waals surface area contributed by atoms with Crippen molar-refractivity contribution in [3.63, 3.8) is 0 Å². The zero-order valence-electron chi connectivity index (χ0n) is 11.2. The number of carbonyl (C=O) groups excluding carboxylic acids is 2. The first-order valence-corrected chi connectivity index (χ1v) is 7.25. The third-order valence-electron chi connectivity index (χ3n) is 3.43. The van der Waals surface area contributed by atoms with Gasteiger partial charge in [-0.2, -0.15) is 13.2 Å². The zero-order chi connectivity index (χ0) is 15.9. The molecule has 0 unspecified atom stereocenters. The Morgan fingerprint density at radius 2 is 1.50 bits per heavy atom. The predicted octanol–water partition coefficient (Wildman–Crippen LogP) is 3.65. The molecule has 0 aliphatic carbocycles. The van der Waals surface area contributed by atoms with Gasteiger partial charge in [0.15, 0.2) is 0 Å². The van der Waals surface area contributed by atoms with Crippen molar-refractivity contribution >= 4 is 23.0 Å². The topological polar surface area (TPSA) is 37.4 Å². The average Bonchev–Trinajstić information content (AvgIpc) is 3.11. The van der Waals surface area contributed by atoms with Crippen molar-refractivity contribution in [2.24, 2.45) is 0 Å². The van der Waals surface area contributed by atoms with Crippen molar-refractivity contribution in [2.45, 2.75) is 19.3 Å². The number of alkyl halides is 3. The lowest BCUT2D eigenvalue weighted by molar-refractivity contribution is -0.0882. The maximum atomic E-state index is 12.4. The number of fused-ring (bicyclic) bond motifs is 1. The Labute approximate surface area is 128 Å². The van der Waals surface area contributed by atoms with E-state index in [1.807, 2.05) is 24.3 Å². The molecule has 7 heteroatoms. The summed E-state index contributed by atoms with van der Waals surface area (Å²) in [5, 5.41) is 0. The van der Waals surface area contributed by atoms with Crippen molar-refractivity contribution in [1.82, 2.24) is 4.90 Å². The quantitative estimate of drug-likeness (QED) is 0.791. The highest BCUT2D eigenvalue weighted by atomic mass is 32.1. The van der Waals surface area contributed by atoms with E-state index in [4.69, 9.17) is 0 Å². The number of benzene rings is 1. The van der Waals surface area contributed by atoms with Crippen LogP contribution in [-0.2, 0) is 13.1 Å². The predicted molar refractivity (Wildman–Crippen MR) is 74.7 cm³/mol. The third-order valence-corrected chi connectivity index (χ3v) is 4.50. The van der Waals surface area contributed by atoms with Gasteiger partial charge >= 0.3 is 6.18 Å². The molecule has 1 aromatic carbocycles. The smallest absolute Gasteiger partial charge is 0.329 e. The molecule has 0 radical (unpaired) electrons. The average molecular weight is 325 g/mol.